The Balaban J connectivity index is 1.74. The van der Waals surface area contributed by atoms with E-state index in [1.807, 2.05) is 6.92 Å². The van der Waals surface area contributed by atoms with Gasteiger partial charge in [-0.05, 0) is 48.9 Å². The predicted molar refractivity (Wildman–Crippen MR) is 86.8 cm³/mol. The number of benzene rings is 2. The maximum absolute atomic E-state index is 6.11. The Kier molecular flexibility index (Phi) is 3.98. The van der Waals surface area contributed by atoms with E-state index in [9.17, 15) is 0 Å². The van der Waals surface area contributed by atoms with Crippen molar-refractivity contribution in [2.24, 2.45) is 5.73 Å². The van der Waals surface area contributed by atoms with Gasteiger partial charge in [-0.15, -0.1) is 0 Å². The first-order valence-electron chi connectivity index (χ1n) is 7.76. The normalized spacial score (nSPS) is 24.4. The molecule has 2 heteroatoms. The highest BCUT2D eigenvalue weighted by Gasteiger charge is 2.44. The fourth-order valence-electron chi connectivity index (χ4n) is 3.44. The summed E-state index contributed by atoms with van der Waals surface area (Å²) in [5.74, 6) is 1.58. The van der Waals surface area contributed by atoms with E-state index >= 15 is 0 Å². The lowest BCUT2D eigenvalue weighted by molar-refractivity contribution is 0.209. The van der Waals surface area contributed by atoms with Gasteiger partial charge in [-0.25, -0.2) is 0 Å². The van der Waals surface area contributed by atoms with Crippen LogP contribution in [0.2, 0.25) is 0 Å². The van der Waals surface area contributed by atoms with Crippen LogP contribution in [0, 0.1) is 0 Å². The van der Waals surface area contributed by atoms with Crippen LogP contribution in [0.1, 0.15) is 36.8 Å². The summed E-state index contributed by atoms with van der Waals surface area (Å²) >= 11 is 0. The van der Waals surface area contributed by atoms with E-state index in [0.29, 0.717) is 19.1 Å². The molecule has 3 rings (SSSR count). The lowest BCUT2D eigenvalue weighted by Crippen LogP contribution is -2.46. The number of hydrogen-bond acceptors (Lipinski definition) is 2. The van der Waals surface area contributed by atoms with Gasteiger partial charge in [-0.1, -0.05) is 42.5 Å². The second kappa shape index (κ2) is 5.90. The highest BCUT2D eigenvalue weighted by molar-refractivity contribution is 5.38. The van der Waals surface area contributed by atoms with Gasteiger partial charge in [0.25, 0.3) is 0 Å². The molecule has 21 heavy (non-hydrogen) atoms. The van der Waals surface area contributed by atoms with Crippen molar-refractivity contribution in [1.29, 1.82) is 0 Å². The van der Waals surface area contributed by atoms with E-state index < -0.39 is 0 Å². The number of rotatable bonds is 5. The van der Waals surface area contributed by atoms with Crippen molar-refractivity contribution in [3.8, 4) is 5.75 Å². The van der Waals surface area contributed by atoms with Gasteiger partial charge < -0.3 is 10.5 Å². The van der Waals surface area contributed by atoms with Crippen molar-refractivity contribution in [2.45, 2.75) is 31.1 Å². The maximum atomic E-state index is 6.11. The highest BCUT2D eigenvalue weighted by Crippen LogP contribution is 2.52. The summed E-state index contributed by atoms with van der Waals surface area (Å²) in [6.07, 6.45) is 2.28. The van der Waals surface area contributed by atoms with E-state index in [-0.39, 0.29) is 5.41 Å². The van der Waals surface area contributed by atoms with E-state index in [2.05, 4.69) is 54.6 Å². The molecule has 1 saturated carbocycles. The maximum Gasteiger partial charge on any atom is 0.119 e. The van der Waals surface area contributed by atoms with E-state index in [4.69, 9.17) is 10.5 Å². The molecule has 0 amide bonds. The molecule has 2 aromatic rings. The Morgan fingerprint density at radius 2 is 1.71 bits per heavy atom. The molecular formula is C19H23NO. The summed E-state index contributed by atoms with van der Waals surface area (Å²) in [6, 6.07) is 19.2. The van der Waals surface area contributed by atoms with E-state index in [0.717, 1.165) is 18.6 Å². The zero-order valence-corrected chi connectivity index (χ0v) is 12.6. The average Bonchev–Trinajstić information content (AvgIpc) is 2.50. The van der Waals surface area contributed by atoms with Crippen molar-refractivity contribution in [2.75, 3.05) is 13.2 Å². The van der Waals surface area contributed by atoms with Gasteiger partial charge in [0.2, 0.25) is 0 Å². The van der Waals surface area contributed by atoms with Crippen molar-refractivity contribution in [1.82, 2.24) is 0 Å². The summed E-state index contributed by atoms with van der Waals surface area (Å²) < 4.78 is 5.52. The first-order chi connectivity index (χ1) is 10.3. The minimum Gasteiger partial charge on any atom is -0.494 e. The van der Waals surface area contributed by atoms with Crippen molar-refractivity contribution in [3.63, 3.8) is 0 Å². The molecule has 2 nitrogen and oxygen atoms in total. The zero-order chi connectivity index (χ0) is 14.7. The summed E-state index contributed by atoms with van der Waals surface area (Å²) in [5.41, 5.74) is 9.04. The van der Waals surface area contributed by atoms with Crippen LogP contribution in [0.4, 0.5) is 0 Å². The minimum absolute atomic E-state index is 0.144. The van der Waals surface area contributed by atoms with E-state index in [1.165, 1.54) is 11.1 Å². The first kappa shape index (κ1) is 14.2. The third kappa shape index (κ3) is 2.68. The van der Waals surface area contributed by atoms with Gasteiger partial charge >= 0.3 is 0 Å². The Hall–Kier alpha value is -1.80. The van der Waals surface area contributed by atoms with Crippen LogP contribution in [0.15, 0.2) is 54.6 Å². The van der Waals surface area contributed by atoms with Gasteiger partial charge in [-0.2, -0.15) is 0 Å². The van der Waals surface area contributed by atoms with Crippen LogP contribution in [0.5, 0.6) is 5.75 Å². The topological polar surface area (TPSA) is 35.2 Å². The molecule has 0 bridgehead atoms. The Bertz CT molecular complexity index is 570. The fraction of sp³-hybridized carbons (Fsp3) is 0.368. The van der Waals surface area contributed by atoms with Gasteiger partial charge in [-0.3, -0.25) is 0 Å². The lowest BCUT2D eigenvalue weighted by Gasteiger charge is -2.48. The molecule has 2 aromatic carbocycles. The fourth-order valence-corrected chi connectivity index (χ4v) is 3.44. The number of nitrogens with two attached hydrogens (primary N) is 1. The summed E-state index contributed by atoms with van der Waals surface area (Å²) in [7, 11) is 0. The molecule has 1 aliphatic rings. The van der Waals surface area contributed by atoms with Crippen molar-refractivity contribution < 1.29 is 4.74 Å². The van der Waals surface area contributed by atoms with Crippen LogP contribution in [-0.4, -0.2) is 13.2 Å². The molecule has 110 valence electrons. The van der Waals surface area contributed by atoms with Gasteiger partial charge in [0, 0.05) is 12.0 Å². The smallest absolute Gasteiger partial charge is 0.119 e. The molecule has 0 radical (unpaired) electrons. The second-order valence-corrected chi connectivity index (χ2v) is 5.96. The average molecular weight is 281 g/mol. The molecule has 2 N–H and O–H groups in total. The summed E-state index contributed by atoms with van der Waals surface area (Å²) in [4.78, 5) is 0. The highest BCUT2D eigenvalue weighted by atomic mass is 16.5. The molecule has 0 atom stereocenters. The molecule has 0 unspecified atom stereocenters. The number of ether oxygens (including phenoxy) is 1. The Morgan fingerprint density at radius 1 is 1.05 bits per heavy atom. The third-order valence-electron chi connectivity index (χ3n) is 4.71. The first-order valence-corrected chi connectivity index (χ1v) is 7.76. The second-order valence-electron chi connectivity index (χ2n) is 5.96. The minimum atomic E-state index is 0.144. The van der Waals surface area contributed by atoms with Gasteiger partial charge in [0.15, 0.2) is 0 Å². The SMILES string of the molecule is CCOc1ccc(C2(CN)CC(c3ccccc3)C2)cc1. The Labute approximate surface area is 126 Å². The molecule has 0 aliphatic heterocycles. The molecule has 0 aromatic heterocycles. The monoisotopic (exact) mass is 281 g/mol. The van der Waals surface area contributed by atoms with Crippen molar-refractivity contribution >= 4 is 0 Å². The summed E-state index contributed by atoms with van der Waals surface area (Å²) in [6.45, 7) is 3.42. The molecule has 0 heterocycles. The molecule has 1 aliphatic carbocycles. The van der Waals surface area contributed by atoms with E-state index in [1.54, 1.807) is 0 Å². The van der Waals surface area contributed by atoms with Gasteiger partial charge in [0.1, 0.15) is 5.75 Å². The third-order valence-corrected chi connectivity index (χ3v) is 4.71. The van der Waals surface area contributed by atoms with Gasteiger partial charge in [0.05, 0.1) is 6.61 Å². The quantitative estimate of drug-likeness (QED) is 0.903. The molecule has 0 spiro atoms. The molecule has 1 fully saturated rings. The largest absolute Gasteiger partial charge is 0.494 e. The van der Waals surface area contributed by atoms with Crippen LogP contribution >= 0.6 is 0 Å². The lowest BCUT2D eigenvalue weighted by atomic mass is 9.57. The van der Waals surface area contributed by atoms with Crippen molar-refractivity contribution in [3.05, 3.63) is 65.7 Å². The standard InChI is InChI=1S/C19H23NO/c1-2-21-18-10-8-17(9-11-18)19(14-20)12-16(13-19)15-6-4-3-5-7-15/h3-11,16H,2,12-14,20H2,1H3. The Morgan fingerprint density at radius 3 is 2.29 bits per heavy atom. The summed E-state index contributed by atoms with van der Waals surface area (Å²) in [5, 5.41) is 0. The van der Waals surface area contributed by atoms with Crippen LogP contribution in [0.25, 0.3) is 0 Å². The van der Waals surface area contributed by atoms with Crippen LogP contribution in [-0.2, 0) is 5.41 Å². The number of hydrogen-bond donors (Lipinski definition) is 1. The van der Waals surface area contributed by atoms with Crippen LogP contribution < -0.4 is 10.5 Å². The van der Waals surface area contributed by atoms with Crippen LogP contribution in [0.3, 0.4) is 0 Å². The molecule has 0 saturated heterocycles. The predicted octanol–water partition coefficient (Wildman–Crippen LogP) is 3.86. The molecular weight excluding hydrogens is 258 g/mol. The zero-order valence-electron chi connectivity index (χ0n) is 12.6.